The summed E-state index contributed by atoms with van der Waals surface area (Å²) in [5.41, 5.74) is 1.27. The Morgan fingerprint density at radius 2 is 1.94 bits per heavy atom. The smallest absolute Gasteiger partial charge is 0.0595 e. The summed E-state index contributed by atoms with van der Waals surface area (Å²) in [6.45, 7) is 6.59. The molecule has 17 heavy (non-hydrogen) atoms. The standard InChI is InChI=1S/C14H21Cl2N/c1-3-7-17-10-11(4-2)8-12-5-6-13(15)14(16)9-12/h5-6,9,11,17H,3-4,7-8,10H2,1-2H3. The number of nitrogens with one attached hydrogen (secondary N) is 1. The first kappa shape index (κ1) is 14.8. The molecule has 0 aromatic heterocycles. The predicted octanol–water partition coefficient (Wildman–Crippen LogP) is 4.56. The molecule has 0 amide bonds. The maximum Gasteiger partial charge on any atom is 0.0595 e. The van der Waals surface area contributed by atoms with E-state index in [0.717, 1.165) is 19.5 Å². The molecule has 1 nitrogen and oxygen atoms in total. The molecule has 0 spiro atoms. The third-order valence-corrected chi connectivity index (χ3v) is 3.68. The number of hydrogen-bond donors (Lipinski definition) is 1. The Bertz CT molecular complexity index is 339. The van der Waals surface area contributed by atoms with Crippen molar-refractivity contribution in [3.63, 3.8) is 0 Å². The second kappa shape index (κ2) is 7.97. The fourth-order valence-corrected chi connectivity index (χ4v) is 2.16. The van der Waals surface area contributed by atoms with Gasteiger partial charge in [-0.2, -0.15) is 0 Å². The molecule has 0 aliphatic carbocycles. The number of halogens is 2. The highest BCUT2D eigenvalue weighted by molar-refractivity contribution is 6.42. The molecule has 0 saturated carbocycles. The van der Waals surface area contributed by atoms with Crippen LogP contribution in [0.15, 0.2) is 18.2 Å². The first-order valence-electron chi connectivity index (χ1n) is 6.32. The van der Waals surface area contributed by atoms with Crippen molar-refractivity contribution in [2.75, 3.05) is 13.1 Å². The van der Waals surface area contributed by atoms with Gasteiger partial charge in [-0.25, -0.2) is 0 Å². The van der Waals surface area contributed by atoms with Crippen LogP contribution in [0.2, 0.25) is 10.0 Å². The maximum atomic E-state index is 6.02. The topological polar surface area (TPSA) is 12.0 Å². The first-order chi connectivity index (χ1) is 8.17. The molecule has 1 rings (SSSR count). The van der Waals surface area contributed by atoms with Gasteiger partial charge in [0.2, 0.25) is 0 Å². The fourth-order valence-electron chi connectivity index (χ4n) is 1.84. The Morgan fingerprint density at radius 3 is 2.53 bits per heavy atom. The van der Waals surface area contributed by atoms with Crippen molar-refractivity contribution in [1.82, 2.24) is 5.32 Å². The van der Waals surface area contributed by atoms with Gasteiger partial charge < -0.3 is 5.32 Å². The van der Waals surface area contributed by atoms with E-state index in [1.54, 1.807) is 0 Å². The van der Waals surface area contributed by atoms with Gasteiger partial charge in [0.25, 0.3) is 0 Å². The Hall–Kier alpha value is -0.240. The van der Waals surface area contributed by atoms with Crippen LogP contribution in [0.1, 0.15) is 32.3 Å². The zero-order chi connectivity index (χ0) is 12.7. The highest BCUT2D eigenvalue weighted by Crippen LogP contribution is 2.24. The lowest BCUT2D eigenvalue weighted by Crippen LogP contribution is -2.24. The van der Waals surface area contributed by atoms with Crippen molar-refractivity contribution in [3.05, 3.63) is 33.8 Å². The molecule has 3 heteroatoms. The van der Waals surface area contributed by atoms with Gasteiger partial charge in [-0.15, -0.1) is 0 Å². The number of rotatable bonds is 7. The third-order valence-electron chi connectivity index (χ3n) is 2.95. The molecule has 1 unspecified atom stereocenters. The molecule has 1 aromatic rings. The summed E-state index contributed by atoms with van der Waals surface area (Å²) in [6, 6.07) is 5.93. The van der Waals surface area contributed by atoms with Gasteiger partial charge in [-0.05, 0) is 49.5 Å². The summed E-state index contributed by atoms with van der Waals surface area (Å²) in [5.74, 6) is 0.666. The van der Waals surface area contributed by atoms with Crippen LogP contribution >= 0.6 is 23.2 Å². The first-order valence-corrected chi connectivity index (χ1v) is 7.07. The average molecular weight is 274 g/mol. The quantitative estimate of drug-likeness (QED) is 0.718. The van der Waals surface area contributed by atoms with Crippen LogP contribution in [-0.4, -0.2) is 13.1 Å². The van der Waals surface area contributed by atoms with Gasteiger partial charge in [-0.3, -0.25) is 0 Å². The van der Waals surface area contributed by atoms with Crippen LogP contribution in [0, 0.1) is 5.92 Å². The van der Waals surface area contributed by atoms with Crippen LogP contribution in [-0.2, 0) is 6.42 Å². The molecule has 1 aromatic carbocycles. The molecule has 0 aliphatic rings. The second-order valence-corrected chi connectivity index (χ2v) is 5.25. The Kier molecular flexibility index (Phi) is 6.94. The monoisotopic (exact) mass is 273 g/mol. The number of benzene rings is 1. The van der Waals surface area contributed by atoms with E-state index in [1.807, 2.05) is 12.1 Å². The Labute approximate surface area is 115 Å². The largest absolute Gasteiger partial charge is 0.316 e. The van der Waals surface area contributed by atoms with E-state index in [0.29, 0.717) is 16.0 Å². The summed E-state index contributed by atoms with van der Waals surface area (Å²) < 4.78 is 0. The lowest BCUT2D eigenvalue weighted by Gasteiger charge is -2.16. The molecule has 0 aliphatic heterocycles. The van der Waals surface area contributed by atoms with Crippen LogP contribution in [0.25, 0.3) is 0 Å². The molecule has 0 radical (unpaired) electrons. The summed E-state index contributed by atoms with van der Waals surface area (Å²) in [6.07, 6.45) is 3.42. The van der Waals surface area contributed by atoms with E-state index in [9.17, 15) is 0 Å². The predicted molar refractivity (Wildman–Crippen MR) is 77.1 cm³/mol. The summed E-state index contributed by atoms with van der Waals surface area (Å²) in [7, 11) is 0. The van der Waals surface area contributed by atoms with Gasteiger partial charge in [0.05, 0.1) is 10.0 Å². The lowest BCUT2D eigenvalue weighted by atomic mass is 9.97. The molecule has 0 saturated heterocycles. The van der Waals surface area contributed by atoms with Crippen molar-refractivity contribution < 1.29 is 0 Å². The zero-order valence-corrected chi connectivity index (χ0v) is 12.1. The van der Waals surface area contributed by atoms with Gasteiger partial charge in [0, 0.05) is 0 Å². The van der Waals surface area contributed by atoms with Crippen molar-refractivity contribution in [2.24, 2.45) is 5.92 Å². The van der Waals surface area contributed by atoms with E-state index in [4.69, 9.17) is 23.2 Å². The van der Waals surface area contributed by atoms with Crippen molar-refractivity contribution >= 4 is 23.2 Å². The maximum absolute atomic E-state index is 6.02. The van der Waals surface area contributed by atoms with E-state index in [2.05, 4.69) is 25.2 Å². The Balaban J connectivity index is 2.51. The van der Waals surface area contributed by atoms with Gasteiger partial charge in [-0.1, -0.05) is 49.5 Å². The highest BCUT2D eigenvalue weighted by atomic mass is 35.5. The van der Waals surface area contributed by atoms with Crippen molar-refractivity contribution in [2.45, 2.75) is 33.1 Å². The highest BCUT2D eigenvalue weighted by Gasteiger charge is 2.08. The van der Waals surface area contributed by atoms with Crippen molar-refractivity contribution in [3.8, 4) is 0 Å². The minimum Gasteiger partial charge on any atom is -0.316 e. The second-order valence-electron chi connectivity index (χ2n) is 4.43. The third kappa shape index (κ3) is 5.29. The van der Waals surface area contributed by atoms with E-state index < -0.39 is 0 Å². The van der Waals surface area contributed by atoms with Crippen LogP contribution < -0.4 is 5.32 Å². The van der Waals surface area contributed by atoms with Crippen LogP contribution in [0.5, 0.6) is 0 Å². The van der Waals surface area contributed by atoms with Crippen LogP contribution in [0.4, 0.5) is 0 Å². The number of hydrogen-bond acceptors (Lipinski definition) is 1. The molecule has 96 valence electrons. The minimum atomic E-state index is 0.632. The van der Waals surface area contributed by atoms with Gasteiger partial charge in [0.1, 0.15) is 0 Å². The normalized spacial score (nSPS) is 12.7. The molecule has 0 fully saturated rings. The van der Waals surface area contributed by atoms with E-state index in [-0.39, 0.29) is 0 Å². The average Bonchev–Trinajstić information content (AvgIpc) is 2.32. The van der Waals surface area contributed by atoms with Gasteiger partial charge in [0.15, 0.2) is 0 Å². The van der Waals surface area contributed by atoms with E-state index in [1.165, 1.54) is 18.4 Å². The zero-order valence-electron chi connectivity index (χ0n) is 10.6. The summed E-state index contributed by atoms with van der Waals surface area (Å²) in [4.78, 5) is 0. The van der Waals surface area contributed by atoms with Crippen LogP contribution in [0.3, 0.4) is 0 Å². The summed E-state index contributed by atoms with van der Waals surface area (Å²) >= 11 is 11.9. The SMILES string of the molecule is CCCNCC(CC)Cc1ccc(Cl)c(Cl)c1. The molecular weight excluding hydrogens is 253 g/mol. The lowest BCUT2D eigenvalue weighted by molar-refractivity contribution is 0.460. The minimum absolute atomic E-state index is 0.632. The molecule has 1 N–H and O–H groups in total. The molecule has 0 heterocycles. The van der Waals surface area contributed by atoms with E-state index >= 15 is 0 Å². The Morgan fingerprint density at radius 1 is 1.18 bits per heavy atom. The fraction of sp³-hybridized carbons (Fsp3) is 0.571. The van der Waals surface area contributed by atoms with Gasteiger partial charge >= 0.3 is 0 Å². The molecule has 1 atom stereocenters. The summed E-state index contributed by atoms with van der Waals surface area (Å²) in [5, 5.41) is 4.76. The molecule has 0 bridgehead atoms. The van der Waals surface area contributed by atoms with Crippen molar-refractivity contribution in [1.29, 1.82) is 0 Å². The molecular formula is C14H21Cl2N.